The Morgan fingerprint density at radius 2 is 2.50 bits per heavy atom. The summed E-state index contributed by atoms with van der Waals surface area (Å²) in [5.74, 6) is 0. The Balaban J connectivity index is 2.78. The van der Waals surface area contributed by atoms with E-state index in [4.69, 9.17) is 0 Å². The predicted octanol–water partition coefficient (Wildman–Crippen LogP) is 2.79. The lowest BCUT2D eigenvalue weighted by Crippen LogP contribution is -1.96. The molecule has 0 N–H and O–H groups in total. The van der Waals surface area contributed by atoms with Crippen LogP contribution in [0, 0.1) is 0 Å². The molecule has 1 nitrogen and oxygen atoms in total. The highest BCUT2D eigenvalue weighted by Gasteiger charge is 2.06. The first-order chi connectivity index (χ1) is 5.74. The minimum atomic E-state index is -0.859. The summed E-state index contributed by atoms with van der Waals surface area (Å²) < 4.78 is 12.1. The Hall–Kier alpha value is 0.1000. The number of rotatable bonds is 3. The molecule has 1 aromatic rings. The maximum Gasteiger partial charge on any atom is 0.186 e. The van der Waals surface area contributed by atoms with Crippen molar-refractivity contribution in [3.8, 4) is 0 Å². The number of hydrogen-bond acceptors (Lipinski definition) is 3. The van der Waals surface area contributed by atoms with E-state index in [9.17, 15) is 4.55 Å². The van der Waals surface area contributed by atoms with Gasteiger partial charge in [0, 0.05) is 6.08 Å². The first kappa shape index (κ1) is 10.2. The van der Waals surface area contributed by atoms with Crippen molar-refractivity contribution in [3.05, 3.63) is 26.6 Å². The van der Waals surface area contributed by atoms with Crippen LogP contribution >= 0.6 is 23.1 Å². The summed E-state index contributed by atoms with van der Waals surface area (Å²) in [6, 6.07) is 2.02. The van der Waals surface area contributed by atoms with Crippen molar-refractivity contribution in [2.24, 2.45) is 0 Å². The fraction of sp³-hybridized carbons (Fsp3) is 0.250. The van der Waals surface area contributed by atoms with Crippen LogP contribution in [0.5, 0.6) is 0 Å². The quantitative estimate of drug-likeness (QED) is 0.728. The van der Waals surface area contributed by atoms with Gasteiger partial charge in [0.25, 0.3) is 0 Å². The maximum absolute atomic E-state index is 11.1. The van der Waals surface area contributed by atoms with Crippen molar-refractivity contribution in [2.75, 3.05) is 12.5 Å². The fourth-order valence-electron chi connectivity index (χ4n) is 0.752. The molecular weight excluding hydrogens is 208 g/mol. The van der Waals surface area contributed by atoms with Gasteiger partial charge in [-0.3, -0.25) is 0 Å². The van der Waals surface area contributed by atoms with E-state index < -0.39 is 11.2 Å². The van der Waals surface area contributed by atoms with E-state index in [0.717, 1.165) is 9.80 Å². The Morgan fingerprint density at radius 3 is 2.92 bits per heavy atom. The third kappa shape index (κ3) is 2.86. The summed E-state index contributed by atoms with van der Waals surface area (Å²) in [6.07, 6.45) is 5.62. The minimum absolute atomic E-state index is 0.859. The molecule has 0 saturated carbocycles. The third-order valence-electron chi connectivity index (χ3n) is 1.31. The minimum Gasteiger partial charge on any atom is -0.611 e. The fourth-order valence-corrected chi connectivity index (χ4v) is 2.87. The summed E-state index contributed by atoms with van der Waals surface area (Å²) >= 11 is 2.33. The second-order valence-corrected chi connectivity index (χ2v) is 5.41. The van der Waals surface area contributed by atoms with E-state index in [-0.39, 0.29) is 0 Å². The molecule has 0 aliphatic heterocycles. The van der Waals surface area contributed by atoms with Crippen molar-refractivity contribution in [2.45, 2.75) is 0 Å². The van der Waals surface area contributed by atoms with E-state index in [1.54, 1.807) is 29.4 Å². The summed E-state index contributed by atoms with van der Waals surface area (Å²) in [4.78, 5) is 0. The normalized spacial score (nSPS) is 14.8. The molecule has 1 rings (SSSR count). The molecule has 0 bridgehead atoms. The lowest BCUT2D eigenvalue weighted by molar-refractivity contribution is 0.608. The van der Waals surface area contributed by atoms with Gasteiger partial charge in [0.2, 0.25) is 0 Å². The molecule has 0 fully saturated rings. The maximum atomic E-state index is 11.1. The topological polar surface area (TPSA) is 23.1 Å². The number of thiophene rings is 1. The molecule has 1 unspecified atom stereocenters. The first-order valence-corrected chi connectivity index (χ1v) is 7.08. The molecule has 66 valence electrons. The summed E-state index contributed by atoms with van der Waals surface area (Å²) in [7, 11) is 0. The Morgan fingerprint density at radius 1 is 1.75 bits per heavy atom. The highest BCUT2D eigenvalue weighted by atomic mass is 32.3. The van der Waals surface area contributed by atoms with Gasteiger partial charge in [0.15, 0.2) is 4.24 Å². The Labute approximate surface area is 84.1 Å². The highest BCUT2D eigenvalue weighted by molar-refractivity contribution is 8.18. The smallest absolute Gasteiger partial charge is 0.186 e. The van der Waals surface area contributed by atoms with Gasteiger partial charge in [0.1, 0.15) is 6.26 Å². The highest BCUT2D eigenvalue weighted by Crippen LogP contribution is 2.22. The predicted molar refractivity (Wildman–Crippen MR) is 59.9 cm³/mol. The van der Waals surface area contributed by atoms with Crippen LogP contribution in [0.3, 0.4) is 0 Å². The van der Waals surface area contributed by atoms with Gasteiger partial charge in [-0.05, 0) is 39.8 Å². The third-order valence-corrected chi connectivity index (χ3v) is 4.42. The van der Waals surface area contributed by atoms with Crippen molar-refractivity contribution >= 4 is 40.4 Å². The molecule has 0 aromatic carbocycles. The van der Waals surface area contributed by atoms with Crippen LogP contribution in [0.15, 0.2) is 21.1 Å². The molecule has 1 atom stereocenters. The van der Waals surface area contributed by atoms with Gasteiger partial charge in [-0.1, -0.05) is 11.8 Å². The van der Waals surface area contributed by atoms with Crippen molar-refractivity contribution in [1.82, 2.24) is 0 Å². The van der Waals surface area contributed by atoms with E-state index in [0.29, 0.717) is 0 Å². The van der Waals surface area contributed by atoms with Gasteiger partial charge in [-0.2, -0.15) is 11.3 Å². The average Bonchev–Trinajstić information content (AvgIpc) is 2.51. The molecule has 12 heavy (non-hydrogen) atoms. The van der Waals surface area contributed by atoms with Gasteiger partial charge in [-0.15, -0.1) is 0 Å². The van der Waals surface area contributed by atoms with Crippen molar-refractivity contribution in [3.63, 3.8) is 0 Å². The van der Waals surface area contributed by atoms with Gasteiger partial charge in [0.05, 0.1) is 0 Å². The standard InChI is InChI=1S/C8H10OS3/c1-10-8(12(2)9)5-7-3-4-11-6-7/h3-6H,1-2H3. The number of thioether (sulfide) groups is 1. The van der Waals surface area contributed by atoms with E-state index in [2.05, 4.69) is 0 Å². The lowest BCUT2D eigenvalue weighted by atomic mass is 10.3. The average molecular weight is 218 g/mol. The zero-order chi connectivity index (χ0) is 8.97. The second-order valence-electron chi connectivity index (χ2n) is 2.18. The van der Waals surface area contributed by atoms with Crippen LogP contribution in [-0.4, -0.2) is 17.1 Å². The van der Waals surface area contributed by atoms with Gasteiger partial charge >= 0.3 is 0 Å². The molecular formula is C8H10OS3. The summed E-state index contributed by atoms with van der Waals surface area (Å²) in [6.45, 7) is 0. The molecule has 4 heteroatoms. The van der Waals surface area contributed by atoms with Crippen LogP contribution in [0.2, 0.25) is 0 Å². The molecule has 0 saturated heterocycles. The van der Waals surface area contributed by atoms with Crippen LogP contribution < -0.4 is 0 Å². The SMILES string of the molecule is CSC(=Cc1ccsc1)[S+](C)[O-]. The van der Waals surface area contributed by atoms with E-state index >= 15 is 0 Å². The molecule has 0 radical (unpaired) electrons. The van der Waals surface area contributed by atoms with Gasteiger partial charge < -0.3 is 4.55 Å². The van der Waals surface area contributed by atoms with Crippen molar-refractivity contribution in [1.29, 1.82) is 0 Å². The largest absolute Gasteiger partial charge is 0.611 e. The Kier molecular flexibility index (Phi) is 4.21. The molecule has 0 amide bonds. The van der Waals surface area contributed by atoms with Gasteiger partial charge in [-0.25, -0.2) is 0 Å². The molecule has 0 aliphatic carbocycles. The number of hydrogen-bond donors (Lipinski definition) is 0. The molecule has 0 aliphatic rings. The lowest BCUT2D eigenvalue weighted by Gasteiger charge is -2.04. The van der Waals surface area contributed by atoms with Crippen LogP contribution in [0.25, 0.3) is 6.08 Å². The zero-order valence-corrected chi connectivity index (χ0v) is 9.39. The summed E-state index contributed by atoms with van der Waals surface area (Å²) in [5.41, 5.74) is 1.14. The molecule has 1 heterocycles. The molecule has 1 aromatic heterocycles. The van der Waals surface area contributed by atoms with E-state index in [1.807, 2.05) is 29.2 Å². The van der Waals surface area contributed by atoms with Crippen LogP contribution in [0.4, 0.5) is 0 Å². The Bertz CT molecular complexity index is 251. The zero-order valence-electron chi connectivity index (χ0n) is 6.94. The van der Waals surface area contributed by atoms with Crippen LogP contribution in [-0.2, 0) is 11.2 Å². The first-order valence-electron chi connectivity index (χ1n) is 3.35. The van der Waals surface area contributed by atoms with Crippen molar-refractivity contribution < 1.29 is 4.55 Å². The summed E-state index contributed by atoms with van der Waals surface area (Å²) in [5, 5.41) is 4.06. The monoisotopic (exact) mass is 218 g/mol. The second kappa shape index (κ2) is 4.97. The molecule has 0 spiro atoms. The van der Waals surface area contributed by atoms with E-state index in [1.165, 1.54) is 0 Å². The van der Waals surface area contributed by atoms with Crippen LogP contribution in [0.1, 0.15) is 5.56 Å².